The number of piperazine rings is 1. The van der Waals surface area contributed by atoms with Crippen LogP contribution in [0.5, 0.6) is 0 Å². The Kier molecular flexibility index (Phi) is 4.10. The van der Waals surface area contributed by atoms with E-state index < -0.39 is 0 Å². The van der Waals surface area contributed by atoms with Gasteiger partial charge >= 0.3 is 0 Å². The number of hydrogen-bond donors (Lipinski definition) is 0. The molecule has 1 aromatic carbocycles. The fraction of sp³-hybridized carbons (Fsp3) is 0.474. The zero-order valence-corrected chi connectivity index (χ0v) is 14.1. The normalized spacial score (nSPS) is 18.8. The molecule has 0 atom stereocenters. The highest BCUT2D eigenvalue weighted by Crippen LogP contribution is 2.30. The molecule has 1 saturated heterocycles. The van der Waals surface area contributed by atoms with E-state index in [4.69, 9.17) is 4.42 Å². The Morgan fingerprint density at radius 2 is 1.88 bits per heavy atom. The molecule has 1 amide bonds. The molecule has 0 unspecified atom stereocenters. The molecule has 4 rings (SSSR count). The predicted molar refractivity (Wildman–Crippen MR) is 91.7 cm³/mol. The Hall–Kier alpha value is -2.14. The summed E-state index contributed by atoms with van der Waals surface area (Å²) in [5, 5.41) is 0. The Balaban J connectivity index is 1.44. The van der Waals surface area contributed by atoms with E-state index in [1.165, 1.54) is 19.4 Å². The molecule has 24 heavy (non-hydrogen) atoms. The van der Waals surface area contributed by atoms with Crippen molar-refractivity contribution in [2.24, 2.45) is 5.92 Å². The molecular formula is C19H23N3O2. The van der Waals surface area contributed by atoms with Gasteiger partial charge in [0.2, 0.25) is 5.89 Å². The number of amides is 1. The second-order valence-corrected chi connectivity index (χ2v) is 6.83. The summed E-state index contributed by atoms with van der Waals surface area (Å²) < 4.78 is 5.73. The van der Waals surface area contributed by atoms with E-state index in [-0.39, 0.29) is 5.91 Å². The third-order valence-corrected chi connectivity index (χ3v) is 4.89. The first-order chi connectivity index (χ1) is 11.7. The van der Waals surface area contributed by atoms with Gasteiger partial charge in [-0.3, -0.25) is 9.69 Å². The lowest BCUT2D eigenvalue weighted by atomic mass is 10.2. The molecule has 5 nitrogen and oxygen atoms in total. The maximum absolute atomic E-state index is 12.8. The maximum atomic E-state index is 12.8. The first-order valence-electron chi connectivity index (χ1n) is 8.75. The van der Waals surface area contributed by atoms with Crippen molar-refractivity contribution in [3.8, 4) is 11.5 Å². The molecular weight excluding hydrogens is 302 g/mol. The summed E-state index contributed by atoms with van der Waals surface area (Å²) in [4.78, 5) is 21.6. The number of nitrogens with zero attached hydrogens (tertiary/aromatic N) is 3. The van der Waals surface area contributed by atoms with Crippen LogP contribution in [0.2, 0.25) is 0 Å². The molecule has 0 N–H and O–H groups in total. The first-order valence-corrected chi connectivity index (χ1v) is 8.75. The van der Waals surface area contributed by atoms with E-state index in [9.17, 15) is 4.79 Å². The summed E-state index contributed by atoms with van der Waals surface area (Å²) >= 11 is 0. The minimum atomic E-state index is -0.00972. The lowest BCUT2D eigenvalue weighted by Gasteiger charge is -2.34. The monoisotopic (exact) mass is 325 g/mol. The number of carbonyl (C=O) groups is 1. The number of rotatable bonds is 4. The quantitative estimate of drug-likeness (QED) is 0.867. The van der Waals surface area contributed by atoms with Gasteiger partial charge < -0.3 is 9.32 Å². The number of aryl methyl sites for hydroxylation is 1. The molecule has 2 aliphatic rings. The van der Waals surface area contributed by atoms with E-state index in [2.05, 4.69) is 9.88 Å². The highest BCUT2D eigenvalue weighted by molar-refractivity contribution is 5.93. The maximum Gasteiger partial charge on any atom is 0.276 e. The molecule has 5 heteroatoms. The number of aromatic nitrogens is 1. The molecule has 1 aliphatic carbocycles. The third-order valence-electron chi connectivity index (χ3n) is 4.89. The lowest BCUT2D eigenvalue weighted by Crippen LogP contribution is -2.49. The van der Waals surface area contributed by atoms with E-state index in [0.717, 1.165) is 37.7 Å². The summed E-state index contributed by atoms with van der Waals surface area (Å²) in [5.74, 6) is 2.01. The summed E-state index contributed by atoms with van der Waals surface area (Å²) in [6.45, 7) is 6.49. The van der Waals surface area contributed by atoms with Crippen LogP contribution in [0, 0.1) is 12.8 Å². The van der Waals surface area contributed by atoms with E-state index in [1.54, 1.807) is 0 Å². The average Bonchev–Trinajstić information content (AvgIpc) is 3.35. The van der Waals surface area contributed by atoms with Gasteiger partial charge in [0.15, 0.2) is 5.69 Å². The third kappa shape index (κ3) is 3.22. The second kappa shape index (κ2) is 6.40. The largest absolute Gasteiger partial charge is 0.441 e. The highest BCUT2D eigenvalue weighted by Gasteiger charge is 2.29. The molecule has 2 fully saturated rings. The molecule has 126 valence electrons. The summed E-state index contributed by atoms with van der Waals surface area (Å²) in [6.07, 6.45) is 2.75. The van der Waals surface area contributed by atoms with Crippen LogP contribution in [0.3, 0.4) is 0 Å². The van der Waals surface area contributed by atoms with Crippen LogP contribution in [-0.4, -0.2) is 53.4 Å². The van der Waals surface area contributed by atoms with Crippen molar-refractivity contribution in [2.45, 2.75) is 19.8 Å². The van der Waals surface area contributed by atoms with Crippen molar-refractivity contribution in [3.63, 3.8) is 0 Å². The predicted octanol–water partition coefficient (Wildman–Crippen LogP) is 2.82. The van der Waals surface area contributed by atoms with Crippen molar-refractivity contribution < 1.29 is 9.21 Å². The van der Waals surface area contributed by atoms with Crippen molar-refractivity contribution in [1.29, 1.82) is 0 Å². The number of carbonyl (C=O) groups excluding carboxylic acids is 1. The van der Waals surface area contributed by atoms with Gasteiger partial charge in [0.25, 0.3) is 5.91 Å². The van der Waals surface area contributed by atoms with Gasteiger partial charge in [-0.1, -0.05) is 18.2 Å². The van der Waals surface area contributed by atoms with E-state index in [1.807, 2.05) is 42.2 Å². The molecule has 2 heterocycles. The van der Waals surface area contributed by atoms with Crippen molar-refractivity contribution in [2.75, 3.05) is 32.7 Å². The lowest BCUT2D eigenvalue weighted by molar-refractivity contribution is 0.0625. The molecule has 0 bridgehead atoms. The minimum absolute atomic E-state index is 0.00972. The summed E-state index contributed by atoms with van der Waals surface area (Å²) in [5.41, 5.74) is 1.35. The molecule has 2 aromatic rings. The number of benzene rings is 1. The zero-order chi connectivity index (χ0) is 16.5. The molecule has 1 aliphatic heterocycles. The fourth-order valence-electron chi connectivity index (χ4n) is 3.25. The van der Waals surface area contributed by atoms with Crippen molar-refractivity contribution in [3.05, 3.63) is 41.8 Å². The fourth-order valence-corrected chi connectivity index (χ4v) is 3.25. The van der Waals surface area contributed by atoms with Gasteiger partial charge in [-0.15, -0.1) is 0 Å². The van der Waals surface area contributed by atoms with Crippen LogP contribution in [0.25, 0.3) is 11.5 Å². The Bertz CT molecular complexity index is 713. The molecule has 0 radical (unpaired) electrons. The topological polar surface area (TPSA) is 49.6 Å². The Morgan fingerprint density at radius 1 is 1.17 bits per heavy atom. The van der Waals surface area contributed by atoms with Gasteiger partial charge in [0, 0.05) is 38.3 Å². The van der Waals surface area contributed by atoms with Crippen LogP contribution in [0.15, 0.2) is 34.7 Å². The first kappa shape index (κ1) is 15.4. The Morgan fingerprint density at radius 3 is 2.54 bits per heavy atom. The van der Waals surface area contributed by atoms with E-state index in [0.29, 0.717) is 17.3 Å². The van der Waals surface area contributed by atoms with Crippen LogP contribution < -0.4 is 0 Å². The van der Waals surface area contributed by atoms with Gasteiger partial charge in [0.05, 0.1) is 0 Å². The van der Waals surface area contributed by atoms with Crippen molar-refractivity contribution >= 4 is 5.91 Å². The van der Waals surface area contributed by atoms with Crippen LogP contribution in [0.1, 0.15) is 29.1 Å². The molecule has 1 saturated carbocycles. The van der Waals surface area contributed by atoms with E-state index >= 15 is 0 Å². The number of hydrogen-bond acceptors (Lipinski definition) is 4. The molecule has 1 aromatic heterocycles. The van der Waals surface area contributed by atoms with Crippen LogP contribution in [-0.2, 0) is 0 Å². The van der Waals surface area contributed by atoms with Gasteiger partial charge in [-0.05, 0) is 37.8 Å². The Labute approximate surface area is 142 Å². The van der Waals surface area contributed by atoms with Crippen LogP contribution in [0.4, 0.5) is 0 Å². The van der Waals surface area contributed by atoms with Crippen molar-refractivity contribution in [1.82, 2.24) is 14.8 Å². The summed E-state index contributed by atoms with van der Waals surface area (Å²) in [6, 6.07) is 9.71. The number of oxazole rings is 1. The smallest absolute Gasteiger partial charge is 0.276 e. The summed E-state index contributed by atoms with van der Waals surface area (Å²) in [7, 11) is 0. The van der Waals surface area contributed by atoms with Gasteiger partial charge in [-0.2, -0.15) is 0 Å². The van der Waals surface area contributed by atoms with Gasteiger partial charge in [0.1, 0.15) is 5.76 Å². The second-order valence-electron chi connectivity index (χ2n) is 6.83. The SMILES string of the molecule is Cc1oc(-c2ccccc2)nc1C(=O)N1CCN(CC2CC2)CC1. The zero-order valence-electron chi connectivity index (χ0n) is 14.1. The average molecular weight is 325 g/mol. The van der Waals surface area contributed by atoms with Crippen LogP contribution >= 0.6 is 0 Å². The highest BCUT2D eigenvalue weighted by atomic mass is 16.4. The van der Waals surface area contributed by atoms with Gasteiger partial charge in [-0.25, -0.2) is 4.98 Å². The minimum Gasteiger partial charge on any atom is -0.441 e. The standard InChI is InChI=1S/C19H23N3O2/c1-14-17(20-18(24-14)16-5-3-2-4-6-16)19(23)22-11-9-21(10-12-22)13-15-7-8-15/h2-6,15H,7-13H2,1H3. The molecule has 0 spiro atoms.